The smallest absolute Gasteiger partial charge is 0.178 e. The van der Waals surface area contributed by atoms with Crippen molar-refractivity contribution in [2.45, 2.75) is 58.2 Å². The number of aliphatic hydroxyl groups excluding tert-OH is 2. The van der Waals surface area contributed by atoms with Gasteiger partial charge in [0.05, 0.1) is 12.2 Å². The van der Waals surface area contributed by atoms with E-state index in [9.17, 15) is 15.0 Å². The standard InChI is InChI=1S/C19H26O3/c1-18-7-5-12(20)9-11(18)3-4-13-14(18)6-8-19(2)16(22)10-15(21)17(13)19/h5,7,9,13-17,21-22H,3-4,6,8,10H2,1-2H3/t13-,14+,15?,16+,17-,18+,19-/m1/s1. The Morgan fingerprint density at radius 2 is 2.00 bits per heavy atom. The second kappa shape index (κ2) is 4.55. The van der Waals surface area contributed by atoms with E-state index in [1.807, 2.05) is 6.08 Å². The van der Waals surface area contributed by atoms with Crippen molar-refractivity contribution < 1.29 is 15.0 Å². The summed E-state index contributed by atoms with van der Waals surface area (Å²) in [5.74, 6) is 1.24. The molecular weight excluding hydrogens is 276 g/mol. The number of hydrogen-bond donors (Lipinski definition) is 2. The van der Waals surface area contributed by atoms with Gasteiger partial charge in [0, 0.05) is 11.8 Å². The predicted octanol–water partition coefficient (Wildman–Crippen LogP) is 2.63. The summed E-state index contributed by atoms with van der Waals surface area (Å²) in [5.41, 5.74) is 1.11. The van der Waals surface area contributed by atoms with Crippen molar-refractivity contribution in [3.8, 4) is 0 Å². The third-order valence-electron chi connectivity index (χ3n) is 7.49. The van der Waals surface area contributed by atoms with Crippen LogP contribution in [0.4, 0.5) is 0 Å². The molecule has 0 aromatic rings. The van der Waals surface area contributed by atoms with Crippen LogP contribution in [-0.2, 0) is 4.79 Å². The van der Waals surface area contributed by atoms with Crippen molar-refractivity contribution in [1.82, 2.24) is 0 Å². The van der Waals surface area contributed by atoms with E-state index in [0.717, 1.165) is 25.7 Å². The van der Waals surface area contributed by atoms with Gasteiger partial charge in [0.2, 0.25) is 0 Å². The molecule has 3 fully saturated rings. The lowest BCUT2D eigenvalue weighted by Gasteiger charge is -2.56. The molecule has 3 nitrogen and oxygen atoms in total. The number of carbonyl (C=O) groups is 1. The Balaban J connectivity index is 1.73. The lowest BCUT2D eigenvalue weighted by atomic mass is 9.48. The molecule has 4 rings (SSSR count). The second-order valence-corrected chi connectivity index (χ2v) is 8.39. The zero-order chi connectivity index (χ0) is 15.7. The molecule has 2 N–H and O–H groups in total. The molecule has 22 heavy (non-hydrogen) atoms. The van der Waals surface area contributed by atoms with E-state index >= 15 is 0 Å². The van der Waals surface area contributed by atoms with Gasteiger partial charge in [-0.15, -0.1) is 0 Å². The predicted molar refractivity (Wildman–Crippen MR) is 84.0 cm³/mol. The average Bonchev–Trinajstić information content (AvgIpc) is 2.70. The molecule has 3 saturated carbocycles. The lowest BCUT2D eigenvalue weighted by molar-refractivity contribution is -0.111. The highest BCUT2D eigenvalue weighted by atomic mass is 16.3. The van der Waals surface area contributed by atoms with Crippen LogP contribution in [-0.4, -0.2) is 28.2 Å². The zero-order valence-corrected chi connectivity index (χ0v) is 13.5. The summed E-state index contributed by atoms with van der Waals surface area (Å²) in [6, 6.07) is 0. The molecule has 0 aliphatic heterocycles. The van der Waals surface area contributed by atoms with E-state index in [1.165, 1.54) is 5.57 Å². The van der Waals surface area contributed by atoms with Crippen LogP contribution in [0.25, 0.3) is 0 Å². The van der Waals surface area contributed by atoms with E-state index in [-0.39, 0.29) is 34.7 Å². The maximum atomic E-state index is 11.7. The Bertz CT molecular complexity index is 577. The summed E-state index contributed by atoms with van der Waals surface area (Å²) in [5, 5.41) is 21.0. The van der Waals surface area contributed by atoms with Gasteiger partial charge in [-0.05, 0) is 61.0 Å². The fourth-order valence-corrected chi connectivity index (χ4v) is 6.23. The van der Waals surface area contributed by atoms with Gasteiger partial charge in [-0.1, -0.05) is 25.5 Å². The Labute approximate surface area is 132 Å². The minimum absolute atomic E-state index is 0.0363. The summed E-state index contributed by atoms with van der Waals surface area (Å²) < 4.78 is 0. The van der Waals surface area contributed by atoms with Gasteiger partial charge >= 0.3 is 0 Å². The topological polar surface area (TPSA) is 57.5 Å². The van der Waals surface area contributed by atoms with Gasteiger partial charge in [-0.25, -0.2) is 0 Å². The van der Waals surface area contributed by atoms with Crippen LogP contribution < -0.4 is 0 Å². The number of hydrogen-bond acceptors (Lipinski definition) is 3. The SMILES string of the molecule is C[C@]12CC[C@H]3[C@@H](CCC4=CC(=O)C=C[C@@]43C)[C@@H]1C(O)C[C@@H]2O. The molecule has 0 aromatic carbocycles. The summed E-state index contributed by atoms with van der Waals surface area (Å²) in [7, 11) is 0. The molecule has 0 bridgehead atoms. The summed E-state index contributed by atoms with van der Waals surface area (Å²) in [4.78, 5) is 11.7. The van der Waals surface area contributed by atoms with Crippen molar-refractivity contribution in [2.75, 3.05) is 0 Å². The number of carbonyl (C=O) groups excluding carboxylic acids is 1. The molecule has 0 saturated heterocycles. The summed E-state index contributed by atoms with van der Waals surface area (Å²) in [6.45, 7) is 4.43. The van der Waals surface area contributed by atoms with E-state index in [2.05, 4.69) is 19.9 Å². The minimum Gasteiger partial charge on any atom is -0.393 e. The molecule has 4 aliphatic carbocycles. The monoisotopic (exact) mass is 302 g/mol. The molecular formula is C19H26O3. The number of rotatable bonds is 0. The summed E-state index contributed by atoms with van der Waals surface area (Å²) in [6.07, 6.45) is 9.48. The van der Waals surface area contributed by atoms with Crippen molar-refractivity contribution >= 4 is 5.78 Å². The van der Waals surface area contributed by atoms with Crippen molar-refractivity contribution in [3.05, 3.63) is 23.8 Å². The average molecular weight is 302 g/mol. The molecule has 0 amide bonds. The number of aliphatic hydroxyl groups is 2. The first-order valence-electron chi connectivity index (χ1n) is 8.66. The van der Waals surface area contributed by atoms with Crippen molar-refractivity contribution in [3.63, 3.8) is 0 Å². The highest BCUT2D eigenvalue weighted by Crippen LogP contribution is 2.64. The molecule has 120 valence electrons. The molecule has 1 unspecified atom stereocenters. The van der Waals surface area contributed by atoms with Gasteiger partial charge in [0.1, 0.15) is 0 Å². The van der Waals surface area contributed by atoms with Crippen LogP contribution in [0, 0.1) is 28.6 Å². The highest BCUT2D eigenvalue weighted by Gasteiger charge is 2.61. The number of ketones is 1. The Morgan fingerprint density at radius 3 is 2.77 bits per heavy atom. The minimum atomic E-state index is -0.379. The van der Waals surface area contributed by atoms with Crippen LogP contribution in [0.5, 0.6) is 0 Å². The Kier molecular flexibility index (Phi) is 3.03. The molecule has 0 radical (unpaired) electrons. The molecule has 0 aromatic heterocycles. The quantitative estimate of drug-likeness (QED) is 0.723. The highest BCUT2D eigenvalue weighted by molar-refractivity contribution is 6.01. The third-order valence-corrected chi connectivity index (χ3v) is 7.49. The number of fused-ring (bicyclic) bond motifs is 5. The normalized spacial score (nSPS) is 53.5. The van der Waals surface area contributed by atoms with E-state index in [1.54, 1.807) is 6.08 Å². The molecule has 4 aliphatic rings. The fraction of sp³-hybridized carbons (Fsp3) is 0.737. The van der Waals surface area contributed by atoms with Crippen molar-refractivity contribution in [1.29, 1.82) is 0 Å². The van der Waals surface area contributed by atoms with E-state index in [0.29, 0.717) is 18.3 Å². The summed E-state index contributed by atoms with van der Waals surface area (Å²) >= 11 is 0. The first-order valence-corrected chi connectivity index (χ1v) is 8.66. The van der Waals surface area contributed by atoms with E-state index in [4.69, 9.17) is 0 Å². The van der Waals surface area contributed by atoms with Crippen LogP contribution >= 0.6 is 0 Å². The second-order valence-electron chi connectivity index (χ2n) is 8.39. The van der Waals surface area contributed by atoms with Gasteiger partial charge < -0.3 is 10.2 Å². The Morgan fingerprint density at radius 1 is 1.23 bits per heavy atom. The van der Waals surface area contributed by atoms with Crippen LogP contribution in [0.2, 0.25) is 0 Å². The van der Waals surface area contributed by atoms with Crippen LogP contribution in [0.1, 0.15) is 46.0 Å². The first-order chi connectivity index (χ1) is 10.4. The van der Waals surface area contributed by atoms with Crippen LogP contribution in [0.15, 0.2) is 23.8 Å². The first kappa shape index (κ1) is 14.6. The fourth-order valence-electron chi connectivity index (χ4n) is 6.23. The van der Waals surface area contributed by atoms with Crippen LogP contribution in [0.3, 0.4) is 0 Å². The van der Waals surface area contributed by atoms with E-state index < -0.39 is 0 Å². The lowest BCUT2D eigenvalue weighted by Crippen LogP contribution is -2.52. The molecule has 3 heteroatoms. The van der Waals surface area contributed by atoms with Gasteiger partial charge in [-0.2, -0.15) is 0 Å². The molecule has 0 spiro atoms. The van der Waals surface area contributed by atoms with Gasteiger partial charge in [0.25, 0.3) is 0 Å². The largest absolute Gasteiger partial charge is 0.393 e. The maximum absolute atomic E-state index is 11.7. The zero-order valence-electron chi connectivity index (χ0n) is 13.5. The Hall–Kier alpha value is -0.930. The maximum Gasteiger partial charge on any atom is 0.178 e. The third kappa shape index (κ3) is 1.73. The number of allylic oxidation sites excluding steroid dienone is 4. The molecule has 7 atom stereocenters. The molecule has 0 heterocycles. The van der Waals surface area contributed by atoms with Gasteiger partial charge in [0.15, 0.2) is 5.78 Å². The van der Waals surface area contributed by atoms with Gasteiger partial charge in [-0.3, -0.25) is 4.79 Å². The van der Waals surface area contributed by atoms with Crippen molar-refractivity contribution in [2.24, 2.45) is 28.6 Å².